The van der Waals surface area contributed by atoms with Crippen LogP contribution >= 0.6 is 0 Å². The summed E-state index contributed by atoms with van der Waals surface area (Å²) in [6.45, 7) is 6.01. The number of ether oxygens (including phenoxy) is 1. The quantitative estimate of drug-likeness (QED) is 0.796. The topological polar surface area (TPSA) is 29.5 Å². The molecule has 2 atom stereocenters. The Balaban J connectivity index is 1.93. The summed E-state index contributed by atoms with van der Waals surface area (Å²) < 4.78 is 32.2. The van der Waals surface area contributed by atoms with Gasteiger partial charge in [-0.25, -0.2) is 8.78 Å². The maximum Gasteiger partial charge on any atom is 0.169 e. The van der Waals surface area contributed by atoms with Crippen molar-refractivity contribution in [2.45, 2.75) is 32.5 Å². The average molecular weight is 283 g/mol. The van der Waals surface area contributed by atoms with E-state index >= 15 is 0 Å². The first-order chi connectivity index (χ1) is 9.47. The summed E-state index contributed by atoms with van der Waals surface area (Å²) in [4.78, 5) is 14.1. The minimum Gasteiger partial charge on any atom is -0.373 e. The van der Waals surface area contributed by atoms with E-state index in [4.69, 9.17) is 4.74 Å². The molecular formula is C15H19F2NO2. The molecule has 110 valence electrons. The number of nitrogens with zero attached hydrogens (tertiary/aromatic N) is 1. The van der Waals surface area contributed by atoms with Crippen LogP contribution in [0.5, 0.6) is 0 Å². The van der Waals surface area contributed by atoms with Crippen molar-refractivity contribution in [2.75, 3.05) is 19.6 Å². The molecule has 0 spiro atoms. The van der Waals surface area contributed by atoms with Crippen molar-refractivity contribution in [3.8, 4) is 0 Å². The highest BCUT2D eigenvalue weighted by Crippen LogP contribution is 2.15. The van der Waals surface area contributed by atoms with Crippen LogP contribution in [0.3, 0.4) is 0 Å². The molecule has 1 heterocycles. The van der Waals surface area contributed by atoms with Gasteiger partial charge in [0.05, 0.1) is 17.8 Å². The monoisotopic (exact) mass is 283 g/mol. The number of carbonyl (C=O) groups excluding carboxylic acids is 1. The van der Waals surface area contributed by atoms with Crippen LogP contribution in [-0.4, -0.2) is 42.5 Å². The van der Waals surface area contributed by atoms with E-state index in [1.54, 1.807) is 0 Å². The molecule has 1 aliphatic heterocycles. The molecule has 1 saturated heterocycles. The Hall–Kier alpha value is -1.33. The zero-order valence-electron chi connectivity index (χ0n) is 11.7. The molecule has 0 aromatic heterocycles. The fourth-order valence-electron chi connectivity index (χ4n) is 2.58. The average Bonchev–Trinajstić information content (AvgIpc) is 2.38. The van der Waals surface area contributed by atoms with Crippen molar-refractivity contribution in [2.24, 2.45) is 0 Å². The van der Waals surface area contributed by atoms with Gasteiger partial charge in [-0.1, -0.05) is 6.07 Å². The maximum absolute atomic E-state index is 13.5. The summed E-state index contributed by atoms with van der Waals surface area (Å²) in [5.41, 5.74) is -0.167. The smallest absolute Gasteiger partial charge is 0.169 e. The molecule has 0 aliphatic carbocycles. The summed E-state index contributed by atoms with van der Waals surface area (Å²) >= 11 is 0. The highest BCUT2D eigenvalue weighted by Gasteiger charge is 2.23. The molecule has 5 heteroatoms. The summed E-state index contributed by atoms with van der Waals surface area (Å²) in [5.74, 6) is -2.40. The normalized spacial score (nSPS) is 23.8. The van der Waals surface area contributed by atoms with Gasteiger partial charge < -0.3 is 4.74 Å². The lowest BCUT2D eigenvalue weighted by atomic mass is 10.1. The number of rotatable bonds is 4. The number of Topliss-reactive ketones (excluding diaryl/α,β-unsaturated/α-hetero) is 1. The van der Waals surface area contributed by atoms with Gasteiger partial charge in [0.2, 0.25) is 0 Å². The van der Waals surface area contributed by atoms with E-state index in [0.717, 1.165) is 19.2 Å². The first kappa shape index (κ1) is 15.1. The van der Waals surface area contributed by atoms with E-state index in [2.05, 4.69) is 4.90 Å². The number of carbonyl (C=O) groups is 1. The molecule has 0 radical (unpaired) electrons. The first-order valence-corrected chi connectivity index (χ1v) is 6.82. The molecule has 0 amide bonds. The van der Waals surface area contributed by atoms with Crippen molar-refractivity contribution >= 4 is 5.78 Å². The van der Waals surface area contributed by atoms with Gasteiger partial charge in [0.25, 0.3) is 0 Å². The summed E-state index contributed by atoms with van der Waals surface area (Å²) in [5, 5.41) is 0. The molecular weight excluding hydrogens is 264 g/mol. The number of ketones is 1. The van der Waals surface area contributed by atoms with Crippen LogP contribution in [0, 0.1) is 11.6 Å². The van der Waals surface area contributed by atoms with Gasteiger partial charge in [0.1, 0.15) is 0 Å². The van der Waals surface area contributed by atoms with Crippen LogP contribution in [0.1, 0.15) is 30.6 Å². The van der Waals surface area contributed by atoms with E-state index in [9.17, 15) is 13.6 Å². The maximum atomic E-state index is 13.5. The molecule has 1 aromatic rings. The lowest BCUT2D eigenvalue weighted by Gasteiger charge is -2.35. The number of halogens is 2. The van der Waals surface area contributed by atoms with E-state index < -0.39 is 11.6 Å². The van der Waals surface area contributed by atoms with Crippen LogP contribution in [0.2, 0.25) is 0 Å². The highest BCUT2D eigenvalue weighted by atomic mass is 19.2. The fourth-order valence-corrected chi connectivity index (χ4v) is 2.58. The molecule has 20 heavy (non-hydrogen) atoms. The Morgan fingerprint density at radius 2 is 1.95 bits per heavy atom. The van der Waals surface area contributed by atoms with Gasteiger partial charge in [-0.2, -0.15) is 0 Å². The van der Waals surface area contributed by atoms with Crippen LogP contribution < -0.4 is 0 Å². The van der Waals surface area contributed by atoms with Gasteiger partial charge in [0.15, 0.2) is 17.4 Å². The minimum atomic E-state index is -1.05. The van der Waals surface area contributed by atoms with Crippen molar-refractivity contribution < 1.29 is 18.3 Å². The zero-order valence-corrected chi connectivity index (χ0v) is 11.7. The van der Waals surface area contributed by atoms with Crippen LogP contribution in [0.4, 0.5) is 8.78 Å². The van der Waals surface area contributed by atoms with E-state index in [1.165, 1.54) is 12.1 Å². The third kappa shape index (κ3) is 3.61. The second-order valence-electron chi connectivity index (χ2n) is 5.29. The van der Waals surface area contributed by atoms with Gasteiger partial charge in [0, 0.05) is 26.1 Å². The second kappa shape index (κ2) is 6.41. The van der Waals surface area contributed by atoms with Crippen LogP contribution in [0.25, 0.3) is 0 Å². The molecule has 0 bridgehead atoms. The van der Waals surface area contributed by atoms with Crippen molar-refractivity contribution in [3.05, 3.63) is 35.4 Å². The van der Waals surface area contributed by atoms with Crippen LogP contribution in [0.15, 0.2) is 18.2 Å². The lowest BCUT2D eigenvalue weighted by Crippen LogP contribution is -2.46. The SMILES string of the molecule is C[C@@H]1CN(CCC(=O)c2cccc(F)c2F)C[C@H](C)O1. The molecule has 3 nitrogen and oxygen atoms in total. The summed E-state index contributed by atoms with van der Waals surface area (Å²) in [6, 6.07) is 3.69. The molecule has 0 saturated carbocycles. The van der Waals surface area contributed by atoms with Crippen molar-refractivity contribution in [3.63, 3.8) is 0 Å². The fraction of sp³-hybridized carbons (Fsp3) is 0.533. The Kier molecular flexibility index (Phi) is 4.83. The minimum absolute atomic E-state index is 0.125. The lowest BCUT2D eigenvalue weighted by molar-refractivity contribution is -0.0675. The number of benzene rings is 1. The van der Waals surface area contributed by atoms with E-state index in [0.29, 0.717) is 6.54 Å². The summed E-state index contributed by atoms with van der Waals surface area (Å²) in [7, 11) is 0. The second-order valence-corrected chi connectivity index (χ2v) is 5.29. The predicted molar refractivity (Wildman–Crippen MR) is 71.8 cm³/mol. The molecule has 1 aliphatic rings. The zero-order chi connectivity index (χ0) is 14.7. The van der Waals surface area contributed by atoms with Gasteiger partial charge in [-0.3, -0.25) is 9.69 Å². The Bertz CT molecular complexity index is 483. The largest absolute Gasteiger partial charge is 0.373 e. The third-order valence-electron chi connectivity index (χ3n) is 3.40. The number of hydrogen-bond acceptors (Lipinski definition) is 3. The van der Waals surface area contributed by atoms with Crippen LogP contribution in [-0.2, 0) is 4.74 Å². The van der Waals surface area contributed by atoms with E-state index in [1.807, 2.05) is 13.8 Å². The summed E-state index contributed by atoms with van der Waals surface area (Å²) in [6.07, 6.45) is 0.430. The predicted octanol–water partition coefficient (Wildman–Crippen LogP) is 2.65. The molecule has 0 N–H and O–H groups in total. The molecule has 2 rings (SSSR count). The van der Waals surface area contributed by atoms with Crippen molar-refractivity contribution in [1.82, 2.24) is 4.90 Å². The highest BCUT2D eigenvalue weighted by molar-refractivity contribution is 5.96. The standard InChI is InChI=1S/C15H19F2NO2/c1-10-8-18(9-11(2)20-10)7-6-14(19)12-4-3-5-13(16)15(12)17/h3-5,10-11H,6-9H2,1-2H3/t10-,11+. The molecule has 1 aromatic carbocycles. The van der Waals surface area contributed by atoms with Gasteiger partial charge in [-0.05, 0) is 26.0 Å². The Morgan fingerprint density at radius 3 is 2.60 bits per heavy atom. The third-order valence-corrected chi connectivity index (χ3v) is 3.40. The van der Waals surface area contributed by atoms with Gasteiger partial charge in [-0.15, -0.1) is 0 Å². The van der Waals surface area contributed by atoms with E-state index in [-0.39, 0.29) is 30.0 Å². The molecule has 1 fully saturated rings. The molecule has 0 unspecified atom stereocenters. The number of morpholine rings is 1. The van der Waals surface area contributed by atoms with Gasteiger partial charge >= 0.3 is 0 Å². The Morgan fingerprint density at radius 1 is 1.30 bits per heavy atom. The first-order valence-electron chi connectivity index (χ1n) is 6.82. The Labute approximate surface area is 117 Å². The number of hydrogen-bond donors (Lipinski definition) is 0. The van der Waals surface area contributed by atoms with Crippen molar-refractivity contribution in [1.29, 1.82) is 0 Å².